The fourth-order valence-electron chi connectivity index (χ4n) is 1.24. The van der Waals surface area contributed by atoms with Crippen LogP contribution in [-0.4, -0.2) is 13.1 Å². The van der Waals surface area contributed by atoms with Crippen LogP contribution in [0.25, 0.3) is 0 Å². The zero-order chi connectivity index (χ0) is 9.84. The van der Waals surface area contributed by atoms with E-state index in [0.717, 1.165) is 5.69 Å². The molecule has 1 aromatic carbocycles. The summed E-state index contributed by atoms with van der Waals surface area (Å²) in [6.45, 7) is 6.21. The summed E-state index contributed by atoms with van der Waals surface area (Å²) in [7, 11) is 1.67. The highest BCUT2D eigenvalue weighted by atomic mass is 14.8. The Balaban J connectivity index is 3.28. The first-order valence-electron chi connectivity index (χ1n) is 4.27. The predicted molar refractivity (Wildman–Crippen MR) is 56.1 cm³/mol. The van der Waals surface area contributed by atoms with Crippen molar-refractivity contribution in [1.29, 1.82) is 0 Å². The SMILES string of the molecule is CN=C=Nc1cc(C)cc(C)c1C. The summed E-state index contributed by atoms with van der Waals surface area (Å²) in [5.74, 6) is 0. The average molecular weight is 174 g/mol. The van der Waals surface area contributed by atoms with Crippen LogP contribution in [0.15, 0.2) is 22.1 Å². The van der Waals surface area contributed by atoms with E-state index in [9.17, 15) is 0 Å². The first-order valence-corrected chi connectivity index (χ1v) is 4.27. The summed E-state index contributed by atoms with van der Waals surface area (Å²) < 4.78 is 0. The second-order valence-corrected chi connectivity index (χ2v) is 3.16. The second-order valence-electron chi connectivity index (χ2n) is 3.16. The molecule has 0 radical (unpaired) electrons. The van der Waals surface area contributed by atoms with Crippen molar-refractivity contribution in [3.63, 3.8) is 0 Å². The Morgan fingerprint density at radius 2 is 1.85 bits per heavy atom. The van der Waals surface area contributed by atoms with Crippen LogP contribution < -0.4 is 0 Å². The molecule has 0 aliphatic carbocycles. The molecule has 68 valence electrons. The Kier molecular flexibility index (Phi) is 2.99. The standard InChI is InChI=1S/C11H14N2/c1-8-5-9(2)10(3)11(6-8)13-7-12-4/h5-6H,1-4H3. The number of aliphatic imine (C=N–C) groups is 2. The van der Waals surface area contributed by atoms with Crippen molar-refractivity contribution in [2.24, 2.45) is 9.98 Å². The lowest BCUT2D eigenvalue weighted by Crippen LogP contribution is -1.83. The van der Waals surface area contributed by atoms with Crippen molar-refractivity contribution in [2.45, 2.75) is 20.8 Å². The van der Waals surface area contributed by atoms with Gasteiger partial charge in [-0.3, -0.25) is 0 Å². The molecular weight excluding hydrogens is 160 g/mol. The average Bonchev–Trinajstić information content (AvgIpc) is 2.09. The first kappa shape index (κ1) is 9.69. The van der Waals surface area contributed by atoms with Gasteiger partial charge in [-0.1, -0.05) is 6.07 Å². The molecule has 0 aromatic heterocycles. The third-order valence-electron chi connectivity index (χ3n) is 2.05. The maximum Gasteiger partial charge on any atom is 0.0946 e. The van der Waals surface area contributed by atoms with Gasteiger partial charge in [0.25, 0.3) is 0 Å². The summed E-state index contributed by atoms with van der Waals surface area (Å²) >= 11 is 0. The minimum Gasteiger partial charge on any atom is -0.229 e. The molecule has 2 heteroatoms. The molecule has 1 aromatic rings. The normalized spacial score (nSPS) is 9.23. The molecule has 2 nitrogen and oxygen atoms in total. The summed E-state index contributed by atoms with van der Waals surface area (Å²) in [4.78, 5) is 7.84. The van der Waals surface area contributed by atoms with Gasteiger partial charge in [0.1, 0.15) is 0 Å². The van der Waals surface area contributed by atoms with E-state index in [1.165, 1.54) is 16.7 Å². The smallest absolute Gasteiger partial charge is 0.0946 e. The topological polar surface area (TPSA) is 24.7 Å². The van der Waals surface area contributed by atoms with Crippen LogP contribution in [0.5, 0.6) is 0 Å². The minimum absolute atomic E-state index is 0.961. The first-order chi connectivity index (χ1) is 6.15. The van der Waals surface area contributed by atoms with Crippen molar-refractivity contribution in [1.82, 2.24) is 0 Å². The molecule has 0 saturated carbocycles. The molecule has 0 aliphatic rings. The molecule has 0 spiro atoms. The van der Waals surface area contributed by atoms with Gasteiger partial charge in [0, 0.05) is 7.05 Å². The van der Waals surface area contributed by atoms with E-state index in [-0.39, 0.29) is 0 Å². The van der Waals surface area contributed by atoms with E-state index in [0.29, 0.717) is 0 Å². The van der Waals surface area contributed by atoms with Crippen molar-refractivity contribution in [2.75, 3.05) is 7.05 Å². The van der Waals surface area contributed by atoms with Crippen molar-refractivity contribution in [3.05, 3.63) is 28.8 Å². The molecule has 0 aliphatic heterocycles. The van der Waals surface area contributed by atoms with Gasteiger partial charge in [-0.05, 0) is 43.5 Å². The second kappa shape index (κ2) is 4.01. The van der Waals surface area contributed by atoms with Gasteiger partial charge in [-0.2, -0.15) is 4.99 Å². The molecular formula is C11H14N2. The van der Waals surface area contributed by atoms with Crippen LogP contribution in [-0.2, 0) is 0 Å². The molecule has 0 atom stereocenters. The Morgan fingerprint density at radius 1 is 1.15 bits per heavy atom. The maximum absolute atomic E-state index is 4.13. The molecule has 0 heterocycles. The van der Waals surface area contributed by atoms with Crippen LogP contribution in [0.2, 0.25) is 0 Å². The van der Waals surface area contributed by atoms with Crippen LogP contribution in [0, 0.1) is 20.8 Å². The Morgan fingerprint density at radius 3 is 2.46 bits per heavy atom. The van der Waals surface area contributed by atoms with Gasteiger partial charge in [-0.15, -0.1) is 0 Å². The number of benzene rings is 1. The third kappa shape index (κ3) is 2.27. The minimum atomic E-state index is 0.961. The summed E-state index contributed by atoms with van der Waals surface area (Å²) in [5.41, 5.74) is 4.64. The number of rotatable bonds is 1. The summed E-state index contributed by atoms with van der Waals surface area (Å²) in [6, 6.07) is 6.80. The number of aryl methyl sites for hydroxylation is 2. The molecule has 0 saturated heterocycles. The molecule has 0 amide bonds. The van der Waals surface area contributed by atoms with Crippen LogP contribution in [0.4, 0.5) is 5.69 Å². The lowest BCUT2D eigenvalue weighted by molar-refractivity contribution is 1.28. The molecule has 0 unspecified atom stereocenters. The number of hydrogen-bond acceptors (Lipinski definition) is 2. The molecule has 1 rings (SSSR count). The van der Waals surface area contributed by atoms with E-state index in [2.05, 4.69) is 42.8 Å². The monoisotopic (exact) mass is 174 g/mol. The fourth-order valence-corrected chi connectivity index (χ4v) is 1.24. The van der Waals surface area contributed by atoms with Crippen LogP contribution in [0.1, 0.15) is 16.7 Å². The molecule has 0 N–H and O–H groups in total. The van der Waals surface area contributed by atoms with E-state index < -0.39 is 0 Å². The molecule has 0 fully saturated rings. The van der Waals surface area contributed by atoms with Crippen molar-refractivity contribution >= 4 is 11.7 Å². The molecule has 13 heavy (non-hydrogen) atoms. The van der Waals surface area contributed by atoms with E-state index in [4.69, 9.17) is 0 Å². The quantitative estimate of drug-likeness (QED) is 0.585. The zero-order valence-electron chi connectivity index (χ0n) is 8.55. The van der Waals surface area contributed by atoms with Crippen LogP contribution in [0.3, 0.4) is 0 Å². The zero-order valence-corrected chi connectivity index (χ0v) is 8.55. The number of hydrogen-bond donors (Lipinski definition) is 0. The Bertz CT molecular complexity index is 372. The fraction of sp³-hybridized carbons (Fsp3) is 0.364. The molecule has 0 bridgehead atoms. The largest absolute Gasteiger partial charge is 0.229 e. The van der Waals surface area contributed by atoms with Gasteiger partial charge < -0.3 is 0 Å². The summed E-state index contributed by atoms with van der Waals surface area (Å²) in [6.07, 6.45) is 0. The van der Waals surface area contributed by atoms with Gasteiger partial charge in [0.2, 0.25) is 0 Å². The lowest BCUT2D eigenvalue weighted by atomic mass is 10.1. The maximum atomic E-state index is 4.13. The van der Waals surface area contributed by atoms with Crippen LogP contribution >= 0.6 is 0 Å². The summed E-state index contributed by atoms with van der Waals surface area (Å²) in [5, 5.41) is 0. The van der Waals surface area contributed by atoms with E-state index in [1.807, 2.05) is 6.07 Å². The highest BCUT2D eigenvalue weighted by Gasteiger charge is 1.99. The predicted octanol–water partition coefficient (Wildman–Crippen LogP) is 3.05. The van der Waals surface area contributed by atoms with E-state index in [1.54, 1.807) is 7.05 Å². The lowest BCUT2D eigenvalue weighted by Gasteiger charge is -2.04. The van der Waals surface area contributed by atoms with Gasteiger partial charge in [0.05, 0.1) is 11.7 Å². The van der Waals surface area contributed by atoms with Crippen molar-refractivity contribution in [3.8, 4) is 0 Å². The third-order valence-corrected chi connectivity index (χ3v) is 2.05. The van der Waals surface area contributed by atoms with Gasteiger partial charge in [0.15, 0.2) is 0 Å². The van der Waals surface area contributed by atoms with E-state index >= 15 is 0 Å². The van der Waals surface area contributed by atoms with Gasteiger partial charge in [-0.25, -0.2) is 4.99 Å². The Labute approximate surface area is 79.0 Å². The number of nitrogens with zero attached hydrogens (tertiary/aromatic N) is 2. The highest BCUT2D eigenvalue weighted by molar-refractivity contribution is 5.58. The Hall–Kier alpha value is -1.40. The van der Waals surface area contributed by atoms with Gasteiger partial charge >= 0.3 is 0 Å². The highest BCUT2D eigenvalue weighted by Crippen LogP contribution is 2.22. The van der Waals surface area contributed by atoms with Crippen molar-refractivity contribution < 1.29 is 0 Å².